The highest BCUT2D eigenvalue weighted by molar-refractivity contribution is 5.67. The maximum atomic E-state index is 10.7. The lowest BCUT2D eigenvalue weighted by molar-refractivity contribution is -0.139. The van der Waals surface area contributed by atoms with E-state index in [0.29, 0.717) is 6.61 Å². The molecule has 0 radical (unpaired) electrons. The van der Waals surface area contributed by atoms with E-state index < -0.39 is 5.97 Å². The summed E-state index contributed by atoms with van der Waals surface area (Å²) in [6.45, 7) is 10.3. The van der Waals surface area contributed by atoms with Gasteiger partial charge in [0.05, 0.1) is 13.0 Å². The van der Waals surface area contributed by atoms with Gasteiger partial charge in [-0.2, -0.15) is 0 Å². The number of carboxylic acids is 1. The minimum atomic E-state index is -0.791. The fourth-order valence-corrected chi connectivity index (χ4v) is 1.82. The highest BCUT2D eigenvalue weighted by atomic mass is 16.5. The third-order valence-electron chi connectivity index (χ3n) is 3.04. The maximum Gasteiger partial charge on any atom is 0.304 e. The van der Waals surface area contributed by atoms with Gasteiger partial charge in [-0.05, 0) is 43.5 Å². The number of hydrogen-bond donors (Lipinski definition) is 1. The van der Waals surface area contributed by atoms with E-state index in [0.717, 1.165) is 11.3 Å². The average molecular weight is 250 g/mol. The molecule has 0 aromatic heterocycles. The summed E-state index contributed by atoms with van der Waals surface area (Å²) in [7, 11) is 0. The number of rotatable bonds is 5. The average Bonchev–Trinajstić information content (AvgIpc) is 2.19. The van der Waals surface area contributed by atoms with Crippen LogP contribution >= 0.6 is 0 Å². The zero-order valence-corrected chi connectivity index (χ0v) is 11.8. The van der Waals surface area contributed by atoms with Gasteiger partial charge >= 0.3 is 5.97 Å². The van der Waals surface area contributed by atoms with E-state index in [1.807, 2.05) is 33.8 Å². The van der Waals surface area contributed by atoms with Crippen molar-refractivity contribution in [3.05, 3.63) is 28.8 Å². The fourth-order valence-electron chi connectivity index (χ4n) is 1.82. The zero-order chi connectivity index (χ0) is 13.9. The summed E-state index contributed by atoms with van der Waals surface area (Å²) in [5.74, 6) is 0.0528. The molecule has 0 amide bonds. The van der Waals surface area contributed by atoms with E-state index in [1.165, 1.54) is 11.1 Å². The lowest BCUT2D eigenvalue weighted by atomic mass is 9.90. The standard InChI is InChI=1S/C15H22O3/c1-10-6-12(3)13(7-11(10)2)18-9-15(4,5)8-14(16)17/h6-7H,8-9H2,1-5H3,(H,16,17). The number of carbonyl (C=O) groups is 1. The summed E-state index contributed by atoms with van der Waals surface area (Å²) in [6.07, 6.45) is 0.108. The first-order chi connectivity index (χ1) is 8.21. The molecule has 100 valence electrons. The molecule has 1 aromatic rings. The molecule has 1 aromatic carbocycles. The molecular formula is C15H22O3. The molecular weight excluding hydrogens is 228 g/mol. The van der Waals surface area contributed by atoms with Crippen LogP contribution in [0.15, 0.2) is 12.1 Å². The van der Waals surface area contributed by atoms with Crippen LogP contribution in [-0.4, -0.2) is 17.7 Å². The highest BCUT2D eigenvalue weighted by Gasteiger charge is 2.23. The molecule has 0 aliphatic rings. The first-order valence-corrected chi connectivity index (χ1v) is 6.14. The molecule has 0 bridgehead atoms. The first kappa shape index (κ1) is 14.6. The number of aryl methyl sites for hydroxylation is 3. The normalized spacial score (nSPS) is 11.4. The Labute approximate surface area is 109 Å². The van der Waals surface area contributed by atoms with Crippen LogP contribution in [0.5, 0.6) is 5.75 Å². The van der Waals surface area contributed by atoms with Gasteiger partial charge in [0.2, 0.25) is 0 Å². The molecule has 18 heavy (non-hydrogen) atoms. The molecule has 0 aliphatic carbocycles. The summed E-state index contributed by atoms with van der Waals surface area (Å²) >= 11 is 0. The summed E-state index contributed by atoms with van der Waals surface area (Å²) in [6, 6.07) is 4.11. The van der Waals surface area contributed by atoms with Crippen LogP contribution in [0.1, 0.15) is 37.0 Å². The van der Waals surface area contributed by atoms with Crippen molar-refractivity contribution in [2.45, 2.75) is 41.0 Å². The SMILES string of the molecule is Cc1cc(C)c(OCC(C)(C)CC(=O)O)cc1C. The van der Waals surface area contributed by atoms with Crippen molar-refractivity contribution in [3.8, 4) is 5.75 Å². The van der Waals surface area contributed by atoms with E-state index in [-0.39, 0.29) is 11.8 Å². The van der Waals surface area contributed by atoms with Crippen molar-refractivity contribution in [2.75, 3.05) is 6.61 Å². The van der Waals surface area contributed by atoms with Crippen LogP contribution in [0.4, 0.5) is 0 Å². The Balaban J connectivity index is 2.74. The topological polar surface area (TPSA) is 46.5 Å². The smallest absolute Gasteiger partial charge is 0.304 e. The Kier molecular flexibility index (Phi) is 4.38. The van der Waals surface area contributed by atoms with Gasteiger partial charge in [-0.1, -0.05) is 19.9 Å². The van der Waals surface area contributed by atoms with Crippen LogP contribution in [0.3, 0.4) is 0 Å². The Morgan fingerprint density at radius 2 is 1.72 bits per heavy atom. The minimum absolute atomic E-state index is 0.108. The molecule has 3 nitrogen and oxygen atoms in total. The van der Waals surface area contributed by atoms with Crippen molar-refractivity contribution < 1.29 is 14.6 Å². The second kappa shape index (κ2) is 5.42. The van der Waals surface area contributed by atoms with Crippen molar-refractivity contribution in [3.63, 3.8) is 0 Å². The molecule has 0 spiro atoms. The highest BCUT2D eigenvalue weighted by Crippen LogP contribution is 2.26. The summed E-state index contributed by atoms with van der Waals surface area (Å²) in [5, 5.41) is 8.83. The molecule has 0 saturated heterocycles. The van der Waals surface area contributed by atoms with Crippen molar-refractivity contribution in [2.24, 2.45) is 5.41 Å². The molecule has 0 unspecified atom stereocenters. The lowest BCUT2D eigenvalue weighted by Gasteiger charge is -2.23. The fraction of sp³-hybridized carbons (Fsp3) is 0.533. The van der Waals surface area contributed by atoms with Gasteiger partial charge in [0.15, 0.2) is 0 Å². The molecule has 3 heteroatoms. The largest absolute Gasteiger partial charge is 0.493 e. The molecule has 0 heterocycles. The predicted molar refractivity (Wildman–Crippen MR) is 72.2 cm³/mol. The van der Waals surface area contributed by atoms with E-state index >= 15 is 0 Å². The predicted octanol–water partition coefficient (Wildman–Crippen LogP) is 3.49. The first-order valence-electron chi connectivity index (χ1n) is 6.14. The molecule has 1 N–H and O–H groups in total. The van der Waals surface area contributed by atoms with Gasteiger partial charge < -0.3 is 9.84 Å². The van der Waals surface area contributed by atoms with E-state index in [1.54, 1.807) is 0 Å². The van der Waals surface area contributed by atoms with E-state index in [4.69, 9.17) is 9.84 Å². The summed E-state index contributed by atoms with van der Waals surface area (Å²) in [4.78, 5) is 10.7. The monoisotopic (exact) mass is 250 g/mol. The Hall–Kier alpha value is -1.51. The van der Waals surface area contributed by atoms with Crippen molar-refractivity contribution in [1.29, 1.82) is 0 Å². The Morgan fingerprint density at radius 1 is 1.17 bits per heavy atom. The molecule has 1 rings (SSSR count). The molecule has 0 fully saturated rings. The van der Waals surface area contributed by atoms with Crippen LogP contribution in [0.2, 0.25) is 0 Å². The van der Waals surface area contributed by atoms with Gasteiger partial charge in [-0.25, -0.2) is 0 Å². The Bertz CT molecular complexity index is 447. The van der Waals surface area contributed by atoms with E-state index in [2.05, 4.69) is 13.0 Å². The molecule has 0 saturated carbocycles. The van der Waals surface area contributed by atoms with E-state index in [9.17, 15) is 4.79 Å². The molecule has 0 aliphatic heterocycles. The van der Waals surface area contributed by atoms with Gasteiger partial charge in [-0.3, -0.25) is 4.79 Å². The van der Waals surface area contributed by atoms with Crippen LogP contribution in [-0.2, 0) is 4.79 Å². The number of ether oxygens (including phenoxy) is 1. The van der Waals surface area contributed by atoms with Crippen LogP contribution < -0.4 is 4.74 Å². The molecule has 0 atom stereocenters. The summed E-state index contributed by atoms with van der Waals surface area (Å²) < 4.78 is 5.77. The number of aliphatic carboxylic acids is 1. The third-order valence-corrected chi connectivity index (χ3v) is 3.04. The number of benzene rings is 1. The van der Waals surface area contributed by atoms with Crippen molar-refractivity contribution in [1.82, 2.24) is 0 Å². The van der Waals surface area contributed by atoms with Gasteiger partial charge in [0, 0.05) is 5.41 Å². The second-order valence-electron chi connectivity index (χ2n) is 5.73. The van der Waals surface area contributed by atoms with Crippen molar-refractivity contribution >= 4 is 5.97 Å². The van der Waals surface area contributed by atoms with Gasteiger partial charge in [0.1, 0.15) is 5.75 Å². The van der Waals surface area contributed by atoms with Crippen LogP contribution in [0, 0.1) is 26.2 Å². The van der Waals surface area contributed by atoms with Gasteiger partial charge in [-0.15, -0.1) is 0 Å². The van der Waals surface area contributed by atoms with Crippen LogP contribution in [0.25, 0.3) is 0 Å². The zero-order valence-electron chi connectivity index (χ0n) is 11.8. The van der Waals surface area contributed by atoms with Gasteiger partial charge in [0.25, 0.3) is 0 Å². The quantitative estimate of drug-likeness (QED) is 0.870. The minimum Gasteiger partial charge on any atom is -0.493 e. The third kappa shape index (κ3) is 4.06. The number of carboxylic acid groups (broad SMARTS) is 1. The lowest BCUT2D eigenvalue weighted by Crippen LogP contribution is -2.25. The summed E-state index contributed by atoms with van der Waals surface area (Å²) in [5.41, 5.74) is 3.15. The number of hydrogen-bond acceptors (Lipinski definition) is 2. The second-order valence-corrected chi connectivity index (χ2v) is 5.73. The Morgan fingerprint density at radius 3 is 2.28 bits per heavy atom. The maximum absolute atomic E-state index is 10.7.